The maximum absolute atomic E-state index is 4.60. The van der Waals surface area contributed by atoms with Gasteiger partial charge in [0.25, 0.3) is 0 Å². The number of rotatable bonds is 4. The molecule has 0 spiro atoms. The standard InChI is InChI=1S/C18H19S.C3H4/c1-3-11-16(4-2)19(17-12-7-5-8-13-17)18-14-9-6-10-15-18;1-3-2/h3-15H,1-2H3;1H,2H3/q+1;/b11-3-,16-4+;. The highest BCUT2D eigenvalue weighted by atomic mass is 32.2. The Labute approximate surface area is 137 Å². The van der Waals surface area contributed by atoms with Crippen molar-refractivity contribution < 1.29 is 0 Å². The fraction of sp³-hybridized carbons (Fsp3) is 0.143. The second-order valence-electron chi connectivity index (χ2n) is 4.41. The lowest BCUT2D eigenvalue weighted by Gasteiger charge is -2.08. The molecule has 22 heavy (non-hydrogen) atoms. The molecule has 0 unspecified atom stereocenters. The summed E-state index contributed by atoms with van der Waals surface area (Å²) < 4.78 is 0. The van der Waals surface area contributed by atoms with Gasteiger partial charge in [-0.25, -0.2) is 0 Å². The highest BCUT2D eigenvalue weighted by Gasteiger charge is 2.28. The molecule has 2 rings (SSSR count). The average molecular weight is 307 g/mol. The molecule has 2 aromatic carbocycles. The van der Waals surface area contributed by atoms with Crippen molar-refractivity contribution in [3.05, 3.63) is 83.8 Å². The van der Waals surface area contributed by atoms with E-state index in [-0.39, 0.29) is 10.9 Å². The zero-order valence-corrected chi connectivity index (χ0v) is 14.3. The summed E-state index contributed by atoms with van der Waals surface area (Å²) in [5.74, 6) is 2.25. The molecule has 0 amide bonds. The Kier molecular flexibility index (Phi) is 8.57. The van der Waals surface area contributed by atoms with Crippen LogP contribution in [0.2, 0.25) is 0 Å². The van der Waals surface area contributed by atoms with Crippen LogP contribution in [-0.4, -0.2) is 0 Å². The molecule has 0 N–H and O–H groups in total. The van der Waals surface area contributed by atoms with Crippen molar-refractivity contribution in [3.63, 3.8) is 0 Å². The molecule has 0 saturated heterocycles. The molecule has 0 saturated carbocycles. The maximum atomic E-state index is 4.60. The molecule has 0 aliphatic heterocycles. The molecular formula is C21H23S+. The van der Waals surface area contributed by atoms with Gasteiger partial charge in [-0.3, -0.25) is 0 Å². The van der Waals surface area contributed by atoms with E-state index in [1.807, 2.05) is 0 Å². The molecule has 0 atom stereocenters. The van der Waals surface area contributed by atoms with E-state index in [9.17, 15) is 0 Å². The SMILES string of the molecule is C#CC.C/C=C\C(=C/C)[S+](c1ccccc1)c1ccccc1. The predicted octanol–water partition coefficient (Wildman–Crippen LogP) is 5.84. The van der Waals surface area contributed by atoms with Gasteiger partial charge in [-0.15, -0.1) is 12.3 Å². The van der Waals surface area contributed by atoms with Crippen molar-refractivity contribution in [2.75, 3.05) is 0 Å². The van der Waals surface area contributed by atoms with Crippen LogP contribution in [0.5, 0.6) is 0 Å². The predicted molar refractivity (Wildman–Crippen MR) is 99.9 cm³/mol. The van der Waals surface area contributed by atoms with Crippen molar-refractivity contribution in [2.24, 2.45) is 0 Å². The van der Waals surface area contributed by atoms with E-state index in [0.29, 0.717) is 0 Å². The molecule has 0 radical (unpaired) electrons. The second-order valence-corrected chi connectivity index (χ2v) is 6.44. The molecule has 0 aromatic heterocycles. The van der Waals surface area contributed by atoms with Gasteiger partial charge in [0, 0.05) is 0 Å². The Morgan fingerprint density at radius 3 is 1.64 bits per heavy atom. The first-order chi connectivity index (χ1) is 10.8. The molecule has 0 heterocycles. The largest absolute Gasteiger partial charge is 0.166 e. The minimum Gasteiger partial charge on any atom is -0.120 e. The fourth-order valence-corrected chi connectivity index (χ4v) is 4.15. The van der Waals surface area contributed by atoms with Crippen LogP contribution in [0.3, 0.4) is 0 Å². The third-order valence-electron chi connectivity index (χ3n) is 2.81. The normalized spacial score (nSPS) is 11.0. The van der Waals surface area contributed by atoms with Crippen LogP contribution in [0.25, 0.3) is 0 Å². The van der Waals surface area contributed by atoms with Gasteiger partial charge in [-0.1, -0.05) is 42.5 Å². The zero-order chi connectivity index (χ0) is 16.2. The molecule has 112 valence electrons. The summed E-state index contributed by atoms with van der Waals surface area (Å²) in [4.78, 5) is 4.08. The third-order valence-corrected chi connectivity index (χ3v) is 5.14. The first-order valence-corrected chi connectivity index (χ1v) is 8.51. The smallest absolute Gasteiger partial charge is 0.120 e. The van der Waals surface area contributed by atoms with Crippen molar-refractivity contribution in [3.8, 4) is 12.3 Å². The first kappa shape index (κ1) is 17.9. The van der Waals surface area contributed by atoms with E-state index < -0.39 is 0 Å². The van der Waals surface area contributed by atoms with Gasteiger partial charge in [0.05, 0.1) is 10.9 Å². The van der Waals surface area contributed by atoms with Crippen molar-refractivity contribution >= 4 is 10.9 Å². The average Bonchev–Trinajstić information content (AvgIpc) is 2.57. The van der Waals surface area contributed by atoms with Gasteiger partial charge < -0.3 is 0 Å². The highest BCUT2D eigenvalue weighted by molar-refractivity contribution is 8.00. The number of allylic oxidation sites excluding steroid dienone is 3. The Bertz CT molecular complexity index is 591. The van der Waals surface area contributed by atoms with Crippen molar-refractivity contribution in [1.29, 1.82) is 0 Å². The summed E-state index contributed by atoms with van der Waals surface area (Å²) in [7, 11) is -0.0146. The quantitative estimate of drug-likeness (QED) is 0.378. The molecule has 0 aliphatic carbocycles. The molecule has 0 fully saturated rings. The van der Waals surface area contributed by atoms with Crippen molar-refractivity contribution in [2.45, 2.75) is 30.6 Å². The third kappa shape index (κ3) is 5.31. The topological polar surface area (TPSA) is 0 Å². The lowest BCUT2D eigenvalue weighted by molar-refractivity contribution is 1.37. The number of benzene rings is 2. The maximum Gasteiger partial charge on any atom is 0.166 e. The molecular weight excluding hydrogens is 284 g/mol. The second kappa shape index (κ2) is 10.5. The minimum absolute atomic E-state index is 0.0146. The van der Waals surface area contributed by atoms with Crippen LogP contribution in [0, 0.1) is 12.3 Å². The highest BCUT2D eigenvalue weighted by Crippen LogP contribution is 2.30. The summed E-state index contributed by atoms with van der Waals surface area (Å²) in [5, 5.41) is 0. The molecule has 1 heteroatoms. The van der Waals surface area contributed by atoms with Crippen LogP contribution < -0.4 is 0 Å². The molecule has 2 aromatic rings. The lowest BCUT2D eigenvalue weighted by Crippen LogP contribution is -2.05. The van der Waals surface area contributed by atoms with Crippen LogP contribution in [0.4, 0.5) is 0 Å². The number of terminal acetylenes is 1. The van der Waals surface area contributed by atoms with E-state index in [0.717, 1.165) is 0 Å². The van der Waals surface area contributed by atoms with E-state index in [4.69, 9.17) is 0 Å². The van der Waals surface area contributed by atoms with E-state index in [1.165, 1.54) is 14.7 Å². The van der Waals surface area contributed by atoms with Crippen LogP contribution in [-0.2, 0) is 10.9 Å². The summed E-state index contributed by atoms with van der Waals surface area (Å²) in [6.45, 7) is 5.84. The van der Waals surface area contributed by atoms with Crippen molar-refractivity contribution in [1.82, 2.24) is 0 Å². The van der Waals surface area contributed by atoms with Gasteiger partial charge >= 0.3 is 0 Å². The van der Waals surface area contributed by atoms with Gasteiger partial charge in [-0.05, 0) is 57.2 Å². The number of hydrogen-bond donors (Lipinski definition) is 0. The summed E-state index contributed by atoms with van der Waals surface area (Å²) in [6, 6.07) is 21.4. The number of hydrogen-bond acceptors (Lipinski definition) is 0. The Morgan fingerprint density at radius 2 is 1.32 bits per heavy atom. The molecule has 0 aliphatic rings. The molecule has 0 nitrogen and oxygen atoms in total. The zero-order valence-electron chi connectivity index (χ0n) is 13.5. The van der Waals surface area contributed by atoms with Crippen LogP contribution in [0.1, 0.15) is 20.8 Å². The minimum atomic E-state index is -0.0146. The van der Waals surface area contributed by atoms with Crippen LogP contribution in [0.15, 0.2) is 93.6 Å². The lowest BCUT2D eigenvalue weighted by atomic mass is 10.4. The molecule has 0 bridgehead atoms. The van der Waals surface area contributed by atoms with Gasteiger partial charge in [0.15, 0.2) is 14.7 Å². The Balaban J connectivity index is 0.000000745. The summed E-state index contributed by atoms with van der Waals surface area (Å²) in [6.07, 6.45) is 11.1. The first-order valence-electron chi connectivity index (χ1n) is 7.29. The van der Waals surface area contributed by atoms with E-state index in [1.54, 1.807) is 6.92 Å². The van der Waals surface area contributed by atoms with Gasteiger partial charge in [0.1, 0.15) is 0 Å². The monoisotopic (exact) mass is 307 g/mol. The van der Waals surface area contributed by atoms with E-state index in [2.05, 4.69) is 105 Å². The van der Waals surface area contributed by atoms with E-state index >= 15 is 0 Å². The Hall–Kier alpha value is -2.17. The fourth-order valence-electron chi connectivity index (χ4n) is 1.97. The van der Waals surface area contributed by atoms with Gasteiger partial charge in [0.2, 0.25) is 0 Å². The summed E-state index contributed by atoms with van der Waals surface area (Å²) >= 11 is 0. The van der Waals surface area contributed by atoms with Crippen LogP contribution >= 0.6 is 0 Å². The van der Waals surface area contributed by atoms with Gasteiger partial charge in [-0.2, -0.15) is 0 Å². The Morgan fingerprint density at radius 1 is 0.909 bits per heavy atom. The summed E-state index contributed by atoms with van der Waals surface area (Å²) in [5.41, 5.74) is 0.